The lowest BCUT2D eigenvalue weighted by atomic mass is 10.3. The summed E-state index contributed by atoms with van der Waals surface area (Å²) in [4.78, 5) is 13.1. The van der Waals surface area contributed by atoms with Gasteiger partial charge in [0.2, 0.25) is 5.91 Å². The predicted molar refractivity (Wildman–Crippen MR) is 99.1 cm³/mol. The maximum atomic E-state index is 11.9. The van der Waals surface area contributed by atoms with Crippen LogP contribution in [0.25, 0.3) is 0 Å². The summed E-state index contributed by atoms with van der Waals surface area (Å²) < 4.78 is 1.77. The van der Waals surface area contributed by atoms with Crippen LogP contribution in [0.4, 0.5) is 5.69 Å². The largest absolute Gasteiger partial charge is 0.376 e. The Labute approximate surface area is 150 Å². The number of hydrogen-bond donors (Lipinski definition) is 2. The molecule has 0 atom stereocenters. The molecule has 1 heterocycles. The van der Waals surface area contributed by atoms with E-state index in [0.717, 1.165) is 11.4 Å². The lowest BCUT2D eigenvalue weighted by Gasteiger charge is -2.06. The molecule has 0 bridgehead atoms. The summed E-state index contributed by atoms with van der Waals surface area (Å²) >= 11 is 1.68. The SMILES string of the molecule is O=C(CNc1ccccc1)NCc1cn(CSc2ccccc2)nn1. The van der Waals surface area contributed by atoms with E-state index >= 15 is 0 Å². The Morgan fingerprint density at radius 2 is 1.76 bits per heavy atom. The number of para-hydroxylation sites is 1. The van der Waals surface area contributed by atoms with Gasteiger partial charge >= 0.3 is 0 Å². The summed E-state index contributed by atoms with van der Waals surface area (Å²) in [5.74, 6) is 0.595. The molecule has 0 saturated carbocycles. The zero-order valence-electron chi connectivity index (χ0n) is 13.6. The number of nitrogens with zero attached hydrogens (tertiary/aromatic N) is 3. The minimum Gasteiger partial charge on any atom is -0.376 e. The van der Waals surface area contributed by atoms with Gasteiger partial charge in [-0.1, -0.05) is 41.6 Å². The molecule has 0 aliphatic heterocycles. The van der Waals surface area contributed by atoms with Gasteiger partial charge in [-0.05, 0) is 24.3 Å². The second-order valence-electron chi connectivity index (χ2n) is 5.33. The zero-order chi connectivity index (χ0) is 17.3. The molecule has 0 radical (unpaired) electrons. The van der Waals surface area contributed by atoms with E-state index in [4.69, 9.17) is 0 Å². The highest BCUT2D eigenvalue weighted by Crippen LogP contribution is 2.18. The van der Waals surface area contributed by atoms with Gasteiger partial charge in [0.15, 0.2) is 0 Å². The van der Waals surface area contributed by atoms with Crippen molar-refractivity contribution in [1.29, 1.82) is 0 Å². The van der Waals surface area contributed by atoms with E-state index in [9.17, 15) is 4.79 Å². The van der Waals surface area contributed by atoms with E-state index in [0.29, 0.717) is 12.4 Å². The Kier molecular flexibility index (Phi) is 6.06. The van der Waals surface area contributed by atoms with E-state index in [-0.39, 0.29) is 12.5 Å². The molecule has 3 aromatic rings. The van der Waals surface area contributed by atoms with Crippen molar-refractivity contribution in [2.24, 2.45) is 0 Å². The smallest absolute Gasteiger partial charge is 0.239 e. The first-order chi connectivity index (χ1) is 12.3. The van der Waals surface area contributed by atoms with E-state index < -0.39 is 0 Å². The van der Waals surface area contributed by atoms with Gasteiger partial charge in [-0.2, -0.15) is 0 Å². The number of thioether (sulfide) groups is 1. The summed E-state index contributed by atoms with van der Waals surface area (Å²) in [7, 11) is 0. The number of hydrogen-bond acceptors (Lipinski definition) is 5. The highest BCUT2D eigenvalue weighted by molar-refractivity contribution is 7.98. The van der Waals surface area contributed by atoms with Crippen LogP contribution in [0, 0.1) is 0 Å². The second-order valence-corrected chi connectivity index (χ2v) is 6.35. The quantitative estimate of drug-likeness (QED) is 0.609. The zero-order valence-corrected chi connectivity index (χ0v) is 14.4. The van der Waals surface area contributed by atoms with Crippen molar-refractivity contribution in [2.45, 2.75) is 17.3 Å². The molecule has 0 unspecified atom stereocenters. The number of benzene rings is 2. The molecule has 6 nitrogen and oxygen atoms in total. The van der Waals surface area contributed by atoms with Crippen LogP contribution < -0.4 is 10.6 Å². The molecular weight excluding hydrogens is 334 g/mol. The first-order valence-corrected chi connectivity index (χ1v) is 8.90. The Morgan fingerprint density at radius 3 is 2.52 bits per heavy atom. The van der Waals surface area contributed by atoms with Crippen molar-refractivity contribution in [3.05, 3.63) is 72.6 Å². The van der Waals surface area contributed by atoms with Gasteiger partial charge in [0.05, 0.1) is 25.2 Å². The Bertz CT molecular complexity index is 791. The topological polar surface area (TPSA) is 71.8 Å². The molecule has 0 aliphatic rings. The normalized spacial score (nSPS) is 10.4. The molecule has 7 heteroatoms. The van der Waals surface area contributed by atoms with Crippen molar-refractivity contribution in [3.8, 4) is 0 Å². The van der Waals surface area contributed by atoms with Crippen LogP contribution in [0.3, 0.4) is 0 Å². The van der Waals surface area contributed by atoms with E-state index in [1.54, 1.807) is 16.4 Å². The fourth-order valence-corrected chi connectivity index (χ4v) is 2.89. The fraction of sp³-hybridized carbons (Fsp3) is 0.167. The van der Waals surface area contributed by atoms with E-state index in [1.165, 1.54) is 4.90 Å². The van der Waals surface area contributed by atoms with Gasteiger partial charge in [-0.25, -0.2) is 4.68 Å². The molecule has 0 fully saturated rings. The monoisotopic (exact) mass is 353 g/mol. The number of aromatic nitrogens is 3. The van der Waals surface area contributed by atoms with Crippen LogP contribution in [-0.4, -0.2) is 27.4 Å². The molecule has 3 rings (SSSR count). The number of nitrogens with one attached hydrogen (secondary N) is 2. The number of carbonyl (C=O) groups excluding carboxylic acids is 1. The second kappa shape index (κ2) is 8.89. The average molecular weight is 353 g/mol. The first-order valence-electron chi connectivity index (χ1n) is 7.92. The third kappa shape index (κ3) is 5.65. The fourth-order valence-electron chi connectivity index (χ4n) is 2.13. The molecular formula is C18H19N5OS. The molecule has 0 saturated heterocycles. The molecule has 1 amide bonds. The van der Waals surface area contributed by atoms with Crippen LogP contribution in [0.15, 0.2) is 71.8 Å². The lowest BCUT2D eigenvalue weighted by Crippen LogP contribution is -2.29. The Hall–Kier alpha value is -2.80. The van der Waals surface area contributed by atoms with Crippen molar-refractivity contribution in [2.75, 3.05) is 11.9 Å². The molecule has 0 spiro atoms. The third-order valence-electron chi connectivity index (χ3n) is 3.39. The standard InChI is InChI=1S/C18H19N5OS/c24-18(12-19-15-7-3-1-4-8-15)20-11-16-13-23(22-21-16)14-25-17-9-5-2-6-10-17/h1-10,13,19H,11-12,14H2,(H,20,24). The lowest BCUT2D eigenvalue weighted by molar-refractivity contribution is -0.119. The summed E-state index contributed by atoms with van der Waals surface area (Å²) in [6, 6.07) is 19.7. The van der Waals surface area contributed by atoms with Crippen LogP contribution in [0.1, 0.15) is 5.69 Å². The van der Waals surface area contributed by atoms with Crippen molar-refractivity contribution < 1.29 is 4.79 Å². The summed E-state index contributed by atoms with van der Waals surface area (Å²) in [5.41, 5.74) is 1.66. The molecule has 2 aromatic carbocycles. The molecule has 0 aliphatic carbocycles. The van der Waals surface area contributed by atoms with Crippen LogP contribution >= 0.6 is 11.8 Å². The van der Waals surface area contributed by atoms with Crippen molar-refractivity contribution in [3.63, 3.8) is 0 Å². The first kappa shape index (κ1) is 17.0. The third-order valence-corrected chi connectivity index (χ3v) is 4.39. The number of amides is 1. The maximum Gasteiger partial charge on any atom is 0.239 e. The van der Waals surface area contributed by atoms with Gasteiger partial charge in [0.25, 0.3) is 0 Å². The molecule has 2 N–H and O–H groups in total. The van der Waals surface area contributed by atoms with Gasteiger partial charge < -0.3 is 10.6 Å². The van der Waals surface area contributed by atoms with E-state index in [1.807, 2.05) is 54.7 Å². The predicted octanol–water partition coefficient (Wildman–Crippen LogP) is 2.76. The van der Waals surface area contributed by atoms with Crippen LogP contribution in [-0.2, 0) is 17.2 Å². The molecule has 25 heavy (non-hydrogen) atoms. The van der Waals surface area contributed by atoms with Crippen LogP contribution in [0.2, 0.25) is 0 Å². The Balaban J connectivity index is 1.40. The van der Waals surface area contributed by atoms with Gasteiger partial charge in [-0.3, -0.25) is 4.79 Å². The maximum absolute atomic E-state index is 11.9. The molecule has 1 aromatic heterocycles. The number of anilines is 1. The summed E-state index contributed by atoms with van der Waals surface area (Å²) in [5, 5.41) is 14.1. The number of rotatable bonds is 8. The van der Waals surface area contributed by atoms with Crippen molar-refractivity contribution >= 4 is 23.4 Å². The summed E-state index contributed by atoms with van der Waals surface area (Å²) in [6.45, 7) is 0.591. The minimum atomic E-state index is -0.0861. The summed E-state index contributed by atoms with van der Waals surface area (Å²) in [6.07, 6.45) is 1.85. The van der Waals surface area contributed by atoms with E-state index in [2.05, 4.69) is 33.1 Å². The highest BCUT2D eigenvalue weighted by Gasteiger charge is 2.05. The highest BCUT2D eigenvalue weighted by atomic mass is 32.2. The van der Waals surface area contributed by atoms with Gasteiger partial charge in [-0.15, -0.1) is 16.9 Å². The molecule has 128 valence electrons. The number of carbonyl (C=O) groups is 1. The van der Waals surface area contributed by atoms with Gasteiger partial charge in [0, 0.05) is 10.6 Å². The average Bonchev–Trinajstić information content (AvgIpc) is 3.13. The minimum absolute atomic E-state index is 0.0861. The van der Waals surface area contributed by atoms with Crippen LogP contribution in [0.5, 0.6) is 0 Å². The van der Waals surface area contributed by atoms with Gasteiger partial charge in [0.1, 0.15) is 5.69 Å². The Morgan fingerprint density at radius 1 is 1.04 bits per heavy atom. The van der Waals surface area contributed by atoms with Crippen molar-refractivity contribution in [1.82, 2.24) is 20.3 Å².